The zero-order valence-electron chi connectivity index (χ0n) is 52.6. The van der Waals surface area contributed by atoms with Crippen molar-refractivity contribution in [2.75, 3.05) is 19.8 Å². The third kappa shape index (κ3) is 38.4. The van der Waals surface area contributed by atoms with E-state index < -0.39 is 86.8 Å². The first-order valence-electron chi connectivity index (χ1n) is 33.8. The minimum absolute atomic E-state index is 0.220. The molecule has 486 valence electrons. The number of hydrogen-bond donors (Lipinski definition) is 9. The van der Waals surface area contributed by atoms with Gasteiger partial charge in [-0.2, -0.15) is 0 Å². The van der Waals surface area contributed by atoms with Crippen LogP contribution in [-0.2, 0) is 23.7 Å². The SMILES string of the molecule is CC/C=C\C/C=C\C/C=C\C/C=C\C/C=C\C/C=C\C/C=C\CCCC(=O)NC(COC1OC(CO)C(OC2OC(CO)C(O)C(O)C2O)C(O)C1O)C(O)CCCCCCCCCCCCCCCCCCCCCCCCCCCCC. The number of carbonyl (C=O) groups is 1. The van der Waals surface area contributed by atoms with Crippen LogP contribution < -0.4 is 5.32 Å². The Bertz CT molecular complexity index is 1730. The molecule has 0 saturated carbocycles. The van der Waals surface area contributed by atoms with Crippen molar-refractivity contribution < 1.29 is 64.6 Å². The zero-order valence-corrected chi connectivity index (χ0v) is 52.6. The average Bonchev–Trinajstić information content (AvgIpc) is 3.18. The van der Waals surface area contributed by atoms with E-state index in [0.29, 0.717) is 19.3 Å². The summed E-state index contributed by atoms with van der Waals surface area (Å²) < 4.78 is 22.9. The number of hydrogen-bond acceptors (Lipinski definition) is 13. The summed E-state index contributed by atoms with van der Waals surface area (Å²) in [4.78, 5) is 13.3. The lowest BCUT2D eigenvalue weighted by Gasteiger charge is -2.46. The van der Waals surface area contributed by atoms with Crippen molar-refractivity contribution in [3.05, 3.63) is 85.1 Å². The van der Waals surface area contributed by atoms with Crippen LogP contribution in [-0.4, -0.2) is 140 Å². The van der Waals surface area contributed by atoms with Gasteiger partial charge in [0.2, 0.25) is 5.91 Å². The van der Waals surface area contributed by atoms with E-state index in [2.05, 4.69) is 104 Å². The first-order chi connectivity index (χ1) is 41.1. The Morgan fingerprint density at radius 2 is 0.810 bits per heavy atom. The topological polar surface area (TPSA) is 228 Å². The lowest BCUT2D eigenvalue weighted by atomic mass is 9.97. The lowest BCUT2D eigenvalue weighted by molar-refractivity contribution is -0.359. The van der Waals surface area contributed by atoms with Crippen molar-refractivity contribution in [1.29, 1.82) is 0 Å². The third-order valence-corrected chi connectivity index (χ3v) is 16.1. The molecule has 12 atom stereocenters. The molecule has 2 saturated heterocycles. The van der Waals surface area contributed by atoms with Gasteiger partial charge in [-0.1, -0.05) is 272 Å². The van der Waals surface area contributed by atoms with Gasteiger partial charge in [0.1, 0.15) is 48.8 Å². The van der Waals surface area contributed by atoms with Crippen LogP contribution in [0.25, 0.3) is 0 Å². The highest BCUT2D eigenvalue weighted by atomic mass is 16.7. The van der Waals surface area contributed by atoms with Crippen molar-refractivity contribution in [3.8, 4) is 0 Å². The fraction of sp³-hybridized carbons (Fsp3) is 0.786. The largest absolute Gasteiger partial charge is 0.394 e. The molecule has 84 heavy (non-hydrogen) atoms. The van der Waals surface area contributed by atoms with Crippen molar-refractivity contribution in [2.24, 2.45) is 0 Å². The molecule has 0 bridgehead atoms. The number of ether oxygens (including phenoxy) is 4. The van der Waals surface area contributed by atoms with Gasteiger partial charge in [0.15, 0.2) is 12.6 Å². The molecule has 1 amide bonds. The van der Waals surface area contributed by atoms with E-state index in [1.807, 2.05) is 0 Å². The summed E-state index contributed by atoms with van der Waals surface area (Å²) in [5.41, 5.74) is 0. The van der Waals surface area contributed by atoms with Crippen molar-refractivity contribution >= 4 is 5.91 Å². The summed E-state index contributed by atoms with van der Waals surface area (Å²) in [6, 6.07) is -0.867. The Morgan fingerprint density at radius 1 is 0.440 bits per heavy atom. The molecule has 0 radical (unpaired) electrons. The van der Waals surface area contributed by atoms with E-state index in [4.69, 9.17) is 18.9 Å². The lowest BCUT2D eigenvalue weighted by Crippen LogP contribution is -2.65. The Labute approximate surface area is 510 Å². The number of allylic oxidation sites excluding steroid dienone is 14. The van der Waals surface area contributed by atoms with Crippen LogP contribution >= 0.6 is 0 Å². The van der Waals surface area contributed by atoms with Crippen LogP contribution in [0.2, 0.25) is 0 Å². The maximum absolute atomic E-state index is 13.3. The van der Waals surface area contributed by atoms with Gasteiger partial charge in [-0.25, -0.2) is 0 Å². The minimum atomic E-state index is -1.79. The molecule has 14 nitrogen and oxygen atoms in total. The minimum Gasteiger partial charge on any atom is -0.394 e. The van der Waals surface area contributed by atoms with E-state index in [0.717, 1.165) is 70.6 Å². The van der Waals surface area contributed by atoms with Crippen LogP contribution in [0, 0.1) is 0 Å². The molecule has 12 unspecified atom stereocenters. The van der Waals surface area contributed by atoms with E-state index in [-0.39, 0.29) is 18.9 Å². The molecule has 0 spiro atoms. The second kappa shape index (κ2) is 54.3. The number of rotatable bonds is 54. The van der Waals surface area contributed by atoms with Crippen molar-refractivity contribution in [3.63, 3.8) is 0 Å². The van der Waals surface area contributed by atoms with E-state index in [1.165, 1.54) is 148 Å². The van der Waals surface area contributed by atoms with Gasteiger partial charge in [0.05, 0.1) is 32.0 Å². The summed E-state index contributed by atoms with van der Waals surface area (Å²) in [5.74, 6) is -0.264. The standard InChI is InChI=1S/C70H123NO13/c1-3-5-7-9-11-13-15-17-19-21-23-25-27-28-29-30-32-33-35-37-39-41-43-45-47-49-51-53-59(74)58(57-81-69-67(80)65(78)68(61(56-73)83-69)84-70-66(79)64(77)63(76)60(55-72)82-70)71-62(75)54-52-50-48-46-44-42-40-38-36-34-31-26-24-22-20-18-16-14-12-10-8-6-4-2/h6,8,12,14,18,20,24,26,34,36,40,42,46,48,58-61,63-70,72-74,76-80H,3-5,7,9-11,13,15-17,19,21-23,25,27-33,35,37-39,41,43-45,47,49-57H2,1-2H3,(H,71,75)/b8-6-,14-12-,20-18-,26-24-,36-34-,42-40-,48-46-. The Morgan fingerprint density at radius 3 is 1.21 bits per heavy atom. The predicted octanol–water partition coefficient (Wildman–Crippen LogP) is 13.2. The highest BCUT2D eigenvalue weighted by Crippen LogP contribution is 2.30. The first-order valence-corrected chi connectivity index (χ1v) is 33.8. The van der Waals surface area contributed by atoms with Crippen molar-refractivity contribution in [1.82, 2.24) is 5.32 Å². The maximum atomic E-state index is 13.3. The van der Waals surface area contributed by atoms with Crippen LogP contribution in [0.1, 0.15) is 258 Å². The normalized spacial score (nSPS) is 24.2. The molecule has 0 aromatic heterocycles. The number of aliphatic hydroxyl groups excluding tert-OH is 8. The number of aliphatic hydroxyl groups is 8. The van der Waals surface area contributed by atoms with Crippen LogP contribution in [0.4, 0.5) is 0 Å². The Hall–Kier alpha value is -2.83. The molecule has 2 fully saturated rings. The van der Waals surface area contributed by atoms with E-state index >= 15 is 0 Å². The molecule has 2 rings (SSSR count). The molecule has 2 aliphatic rings. The monoisotopic (exact) mass is 1190 g/mol. The average molecular weight is 1190 g/mol. The molecule has 0 aromatic rings. The molecular formula is C70H123NO13. The summed E-state index contributed by atoms with van der Waals surface area (Å²) in [5, 5.41) is 87.5. The van der Waals surface area contributed by atoms with Crippen LogP contribution in [0.5, 0.6) is 0 Å². The summed E-state index contributed by atoms with van der Waals surface area (Å²) in [6.45, 7) is 2.73. The maximum Gasteiger partial charge on any atom is 0.220 e. The molecule has 14 heteroatoms. The zero-order chi connectivity index (χ0) is 60.9. The highest BCUT2D eigenvalue weighted by molar-refractivity contribution is 5.76. The second-order valence-electron chi connectivity index (χ2n) is 23.6. The fourth-order valence-electron chi connectivity index (χ4n) is 10.8. The molecule has 2 aliphatic heterocycles. The molecule has 2 heterocycles. The molecular weight excluding hydrogens is 1060 g/mol. The van der Waals surface area contributed by atoms with Gasteiger partial charge < -0.3 is 65.1 Å². The predicted molar refractivity (Wildman–Crippen MR) is 341 cm³/mol. The second-order valence-corrected chi connectivity index (χ2v) is 23.6. The number of amides is 1. The Kier molecular flexibility index (Phi) is 50.0. The number of nitrogens with one attached hydrogen (secondary N) is 1. The van der Waals surface area contributed by atoms with Gasteiger partial charge in [-0.15, -0.1) is 0 Å². The smallest absolute Gasteiger partial charge is 0.220 e. The van der Waals surface area contributed by atoms with Crippen LogP contribution in [0.3, 0.4) is 0 Å². The van der Waals surface area contributed by atoms with E-state index in [9.17, 15) is 45.6 Å². The Balaban J connectivity index is 1.72. The summed E-state index contributed by atoms with van der Waals surface area (Å²) >= 11 is 0. The molecule has 0 aromatic carbocycles. The number of carbonyl (C=O) groups excluding carboxylic acids is 1. The fourth-order valence-corrected chi connectivity index (χ4v) is 10.8. The van der Waals surface area contributed by atoms with Gasteiger partial charge in [-0.05, 0) is 64.2 Å². The molecule has 9 N–H and O–H groups in total. The van der Waals surface area contributed by atoms with E-state index in [1.54, 1.807) is 0 Å². The van der Waals surface area contributed by atoms with Gasteiger partial charge in [-0.3, -0.25) is 4.79 Å². The van der Waals surface area contributed by atoms with Gasteiger partial charge >= 0.3 is 0 Å². The van der Waals surface area contributed by atoms with Crippen molar-refractivity contribution in [2.45, 2.75) is 331 Å². The quantitative estimate of drug-likeness (QED) is 0.0204. The molecule has 0 aliphatic carbocycles. The van der Waals surface area contributed by atoms with Gasteiger partial charge in [0, 0.05) is 6.42 Å². The van der Waals surface area contributed by atoms with Gasteiger partial charge in [0.25, 0.3) is 0 Å². The van der Waals surface area contributed by atoms with Crippen LogP contribution in [0.15, 0.2) is 85.1 Å². The summed E-state index contributed by atoms with van der Waals surface area (Å²) in [6.07, 6.45) is 57.4. The third-order valence-electron chi connectivity index (χ3n) is 16.1. The summed E-state index contributed by atoms with van der Waals surface area (Å²) in [7, 11) is 0. The highest BCUT2D eigenvalue weighted by Gasteiger charge is 2.51. The first kappa shape index (κ1) is 77.3. The number of unbranched alkanes of at least 4 members (excludes halogenated alkanes) is 27.